The van der Waals surface area contributed by atoms with Crippen LogP contribution in [-0.4, -0.2) is 60.5 Å². The van der Waals surface area contributed by atoms with E-state index in [1.54, 1.807) is 0 Å². The lowest BCUT2D eigenvalue weighted by atomic mass is 10.1. The highest BCUT2D eigenvalue weighted by atomic mass is 16.5. The van der Waals surface area contributed by atoms with E-state index in [2.05, 4.69) is 12.1 Å². The maximum absolute atomic E-state index is 12.5. The molecule has 5 nitrogen and oxygen atoms in total. The second kappa shape index (κ2) is 8.99. The molecule has 25 heavy (non-hydrogen) atoms. The van der Waals surface area contributed by atoms with Crippen molar-refractivity contribution >= 4 is 11.8 Å². The number of amides is 2. The largest absolute Gasteiger partial charge is 0.378 e. The monoisotopic (exact) mass is 344 g/mol. The molecule has 136 valence electrons. The highest BCUT2D eigenvalue weighted by Crippen LogP contribution is 2.17. The number of benzene rings is 1. The highest BCUT2D eigenvalue weighted by Gasteiger charge is 2.25. The van der Waals surface area contributed by atoms with Crippen LogP contribution in [0.4, 0.5) is 0 Å². The standard InChI is InChI=1S/C20H28N2O3/c23-19(10-9-17-6-2-1-3-7-17)21-11-5-12-22(14-13-21)20(24)16-18-8-4-15-25-18/h1-3,6-7,18H,4-5,8-16H2. The average molecular weight is 344 g/mol. The van der Waals surface area contributed by atoms with Gasteiger partial charge in [0.2, 0.25) is 11.8 Å². The van der Waals surface area contributed by atoms with Crippen molar-refractivity contribution in [2.24, 2.45) is 0 Å². The van der Waals surface area contributed by atoms with Crippen LogP contribution in [0.1, 0.15) is 37.7 Å². The first-order chi connectivity index (χ1) is 12.2. The van der Waals surface area contributed by atoms with Crippen molar-refractivity contribution in [3.05, 3.63) is 35.9 Å². The van der Waals surface area contributed by atoms with Gasteiger partial charge in [-0.05, 0) is 31.2 Å². The van der Waals surface area contributed by atoms with E-state index in [0.29, 0.717) is 25.9 Å². The summed E-state index contributed by atoms with van der Waals surface area (Å²) in [5, 5.41) is 0. The lowest BCUT2D eigenvalue weighted by molar-refractivity contribution is -0.135. The van der Waals surface area contributed by atoms with Crippen LogP contribution in [-0.2, 0) is 20.7 Å². The van der Waals surface area contributed by atoms with Crippen LogP contribution in [0, 0.1) is 0 Å². The molecule has 1 atom stereocenters. The van der Waals surface area contributed by atoms with Crippen molar-refractivity contribution in [2.45, 2.75) is 44.6 Å². The zero-order chi connectivity index (χ0) is 17.5. The van der Waals surface area contributed by atoms with Crippen LogP contribution in [0.5, 0.6) is 0 Å². The van der Waals surface area contributed by atoms with E-state index in [1.165, 1.54) is 5.56 Å². The van der Waals surface area contributed by atoms with Gasteiger partial charge in [-0.1, -0.05) is 30.3 Å². The van der Waals surface area contributed by atoms with Gasteiger partial charge in [-0.25, -0.2) is 0 Å². The topological polar surface area (TPSA) is 49.9 Å². The van der Waals surface area contributed by atoms with Crippen LogP contribution in [0.15, 0.2) is 30.3 Å². The third kappa shape index (κ3) is 5.30. The van der Waals surface area contributed by atoms with Gasteiger partial charge in [0.1, 0.15) is 0 Å². The molecule has 1 aromatic carbocycles. The molecule has 0 aromatic heterocycles. The van der Waals surface area contributed by atoms with Crippen LogP contribution in [0.2, 0.25) is 0 Å². The molecule has 2 aliphatic rings. The van der Waals surface area contributed by atoms with Gasteiger partial charge in [-0.2, -0.15) is 0 Å². The molecule has 2 fully saturated rings. The second-order valence-electron chi connectivity index (χ2n) is 6.94. The minimum Gasteiger partial charge on any atom is -0.378 e. The number of aryl methyl sites for hydroxylation is 1. The van der Waals surface area contributed by atoms with Gasteiger partial charge in [-0.15, -0.1) is 0 Å². The van der Waals surface area contributed by atoms with E-state index in [1.807, 2.05) is 28.0 Å². The van der Waals surface area contributed by atoms with Gasteiger partial charge in [0, 0.05) is 39.2 Å². The van der Waals surface area contributed by atoms with Gasteiger partial charge in [0.15, 0.2) is 0 Å². The number of ether oxygens (including phenoxy) is 1. The average Bonchev–Trinajstić information content (AvgIpc) is 3.01. The van der Waals surface area contributed by atoms with Gasteiger partial charge in [-0.3, -0.25) is 9.59 Å². The fourth-order valence-corrected chi connectivity index (χ4v) is 3.60. The Balaban J connectivity index is 1.44. The number of hydrogen-bond acceptors (Lipinski definition) is 3. The van der Waals surface area contributed by atoms with Crippen molar-refractivity contribution in [2.75, 3.05) is 32.8 Å². The smallest absolute Gasteiger partial charge is 0.225 e. The molecule has 0 N–H and O–H groups in total. The Labute approximate surface area is 149 Å². The summed E-state index contributed by atoms with van der Waals surface area (Å²) >= 11 is 0. The lowest BCUT2D eigenvalue weighted by Crippen LogP contribution is -2.38. The van der Waals surface area contributed by atoms with E-state index in [0.717, 1.165) is 45.4 Å². The Morgan fingerprint density at radius 3 is 2.36 bits per heavy atom. The number of rotatable bonds is 5. The molecule has 0 aliphatic carbocycles. The predicted molar refractivity (Wildman–Crippen MR) is 96.1 cm³/mol. The summed E-state index contributed by atoms with van der Waals surface area (Å²) in [4.78, 5) is 28.7. The third-order valence-corrected chi connectivity index (χ3v) is 5.10. The molecule has 2 saturated heterocycles. The molecule has 2 aliphatic heterocycles. The number of nitrogens with zero attached hydrogens (tertiary/aromatic N) is 2. The van der Waals surface area contributed by atoms with E-state index in [4.69, 9.17) is 4.74 Å². The van der Waals surface area contributed by atoms with Crippen LogP contribution < -0.4 is 0 Å². The minimum atomic E-state index is 0.0966. The molecule has 2 heterocycles. The summed E-state index contributed by atoms with van der Waals surface area (Å²) in [6, 6.07) is 10.1. The quantitative estimate of drug-likeness (QED) is 0.823. The zero-order valence-electron chi connectivity index (χ0n) is 14.9. The normalized spacial score (nSPS) is 21.2. The minimum absolute atomic E-state index is 0.0966. The first-order valence-electron chi connectivity index (χ1n) is 9.43. The van der Waals surface area contributed by atoms with Crippen molar-refractivity contribution in [3.8, 4) is 0 Å². The number of carbonyl (C=O) groups excluding carboxylic acids is 2. The third-order valence-electron chi connectivity index (χ3n) is 5.10. The summed E-state index contributed by atoms with van der Waals surface area (Å²) in [7, 11) is 0. The van der Waals surface area contributed by atoms with E-state index in [9.17, 15) is 9.59 Å². The fraction of sp³-hybridized carbons (Fsp3) is 0.600. The molecule has 0 spiro atoms. The first-order valence-corrected chi connectivity index (χ1v) is 9.43. The Morgan fingerprint density at radius 2 is 1.68 bits per heavy atom. The Hall–Kier alpha value is -1.88. The summed E-state index contributed by atoms with van der Waals surface area (Å²) in [6.45, 7) is 3.56. The lowest BCUT2D eigenvalue weighted by Gasteiger charge is -2.23. The van der Waals surface area contributed by atoms with Gasteiger partial charge >= 0.3 is 0 Å². The second-order valence-corrected chi connectivity index (χ2v) is 6.94. The highest BCUT2D eigenvalue weighted by molar-refractivity contribution is 5.78. The summed E-state index contributed by atoms with van der Waals surface area (Å²) < 4.78 is 5.57. The zero-order valence-corrected chi connectivity index (χ0v) is 14.9. The summed E-state index contributed by atoms with van der Waals surface area (Å²) in [5.74, 6) is 0.364. The van der Waals surface area contributed by atoms with E-state index < -0.39 is 0 Å². The molecular weight excluding hydrogens is 316 g/mol. The number of carbonyl (C=O) groups is 2. The van der Waals surface area contributed by atoms with Crippen molar-refractivity contribution in [1.29, 1.82) is 0 Å². The van der Waals surface area contributed by atoms with Gasteiger partial charge in [0.25, 0.3) is 0 Å². The Morgan fingerprint density at radius 1 is 0.960 bits per heavy atom. The van der Waals surface area contributed by atoms with Gasteiger partial charge in [0.05, 0.1) is 12.5 Å². The molecule has 0 bridgehead atoms. The van der Waals surface area contributed by atoms with Crippen molar-refractivity contribution < 1.29 is 14.3 Å². The molecule has 5 heteroatoms. The Bertz CT molecular complexity index is 570. The molecular formula is C20H28N2O3. The van der Waals surface area contributed by atoms with Crippen molar-refractivity contribution in [1.82, 2.24) is 9.80 Å². The van der Waals surface area contributed by atoms with E-state index in [-0.39, 0.29) is 17.9 Å². The Kier molecular flexibility index (Phi) is 6.45. The van der Waals surface area contributed by atoms with Crippen LogP contribution in [0.3, 0.4) is 0 Å². The van der Waals surface area contributed by atoms with Crippen molar-refractivity contribution in [3.63, 3.8) is 0 Å². The molecule has 2 amide bonds. The van der Waals surface area contributed by atoms with Crippen LogP contribution in [0.25, 0.3) is 0 Å². The predicted octanol–water partition coefficient (Wildman–Crippen LogP) is 2.25. The maximum Gasteiger partial charge on any atom is 0.225 e. The molecule has 0 radical (unpaired) electrons. The van der Waals surface area contributed by atoms with Gasteiger partial charge < -0.3 is 14.5 Å². The summed E-state index contributed by atoms with van der Waals surface area (Å²) in [5.41, 5.74) is 1.19. The summed E-state index contributed by atoms with van der Waals surface area (Å²) in [6.07, 6.45) is 4.80. The number of hydrogen-bond donors (Lipinski definition) is 0. The van der Waals surface area contributed by atoms with Crippen LogP contribution >= 0.6 is 0 Å². The molecule has 1 aromatic rings. The maximum atomic E-state index is 12.5. The molecule has 0 saturated carbocycles. The first kappa shape index (κ1) is 17.9. The fourth-order valence-electron chi connectivity index (χ4n) is 3.60. The SMILES string of the molecule is O=C(CCc1ccccc1)N1CCCN(C(=O)CC2CCCO2)CC1. The molecule has 3 rings (SSSR count). The van der Waals surface area contributed by atoms with E-state index >= 15 is 0 Å². The molecule has 1 unspecified atom stereocenters.